The predicted molar refractivity (Wildman–Crippen MR) is 94.6 cm³/mol. The minimum absolute atomic E-state index is 0.0423. The number of carbonyl (C=O) groups is 3. The van der Waals surface area contributed by atoms with Crippen LogP contribution in [0.2, 0.25) is 4.34 Å². The molecular weight excluding hydrogens is 366 g/mol. The first-order chi connectivity index (χ1) is 12.0. The Bertz CT molecular complexity index is 774. The predicted octanol–water partition coefficient (Wildman–Crippen LogP) is 2.96. The monoisotopic (exact) mass is 381 g/mol. The van der Waals surface area contributed by atoms with Crippen LogP contribution in [0.1, 0.15) is 26.5 Å². The first-order valence-corrected chi connectivity index (χ1v) is 8.56. The van der Waals surface area contributed by atoms with Crippen molar-refractivity contribution in [1.82, 2.24) is 5.32 Å². The summed E-state index contributed by atoms with van der Waals surface area (Å²) in [4.78, 5) is 35.9. The second kappa shape index (κ2) is 9.19. The van der Waals surface area contributed by atoms with Gasteiger partial charge in [0.15, 0.2) is 6.61 Å². The Labute approximate surface area is 153 Å². The van der Waals surface area contributed by atoms with Gasteiger partial charge in [0.05, 0.1) is 28.3 Å². The zero-order valence-corrected chi connectivity index (χ0v) is 15.0. The third-order valence-corrected chi connectivity index (χ3v) is 4.45. The third-order valence-electron chi connectivity index (χ3n) is 3.18. The molecule has 2 rings (SSSR count). The van der Waals surface area contributed by atoms with Crippen molar-refractivity contribution in [3.63, 3.8) is 0 Å². The maximum atomic E-state index is 12.1. The van der Waals surface area contributed by atoms with Gasteiger partial charge in [-0.25, -0.2) is 0 Å². The molecule has 1 aromatic carbocycles. The molecule has 1 N–H and O–H groups in total. The average molecular weight is 382 g/mol. The molecule has 0 saturated heterocycles. The van der Waals surface area contributed by atoms with E-state index in [1.165, 1.54) is 7.11 Å². The SMILES string of the molecule is COc1ccccc1C(=O)NCCC(=O)OCC(=O)c1ccc(Cl)s1. The molecule has 0 aliphatic heterocycles. The molecule has 1 amide bonds. The minimum Gasteiger partial charge on any atom is -0.496 e. The summed E-state index contributed by atoms with van der Waals surface area (Å²) in [6.45, 7) is -0.259. The van der Waals surface area contributed by atoms with Gasteiger partial charge in [-0.1, -0.05) is 23.7 Å². The lowest BCUT2D eigenvalue weighted by Gasteiger charge is -2.09. The summed E-state index contributed by atoms with van der Waals surface area (Å²) in [6, 6.07) is 9.95. The van der Waals surface area contributed by atoms with E-state index in [4.69, 9.17) is 21.1 Å². The first-order valence-electron chi connectivity index (χ1n) is 7.36. The number of halogens is 1. The van der Waals surface area contributed by atoms with E-state index >= 15 is 0 Å². The lowest BCUT2D eigenvalue weighted by Crippen LogP contribution is -2.27. The van der Waals surface area contributed by atoms with Crippen molar-refractivity contribution >= 4 is 40.6 Å². The number of methoxy groups -OCH3 is 1. The molecule has 0 unspecified atom stereocenters. The molecule has 0 radical (unpaired) electrons. The fraction of sp³-hybridized carbons (Fsp3) is 0.235. The highest BCUT2D eigenvalue weighted by atomic mass is 35.5. The van der Waals surface area contributed by atoms with Crippen molar-refractivity contribution in [3.8, 4) is 5.75 Å². The number of ether oxygens (including phenoxy) is 2. The number of benzene rings is 1. The van der Waals surface area contributed by atoms with E-state index < -0.39 is 5.97 Å². The van der Waals surface area contributed by atoms with Crippen molar-refractivity contribution in [2.24, 2.45) is 0 Å². The average Bonchev–Trinajstić information content (AvgIpc) is 3.06. The number of thiophene rings is 1. The topological polar surface area (TPSA) is 81.7 Å². The molecular formula is C17H16ClNO5S. The number of Topliss-reactive ketones (excluding diaryl/α,β-unsaturated/α-hetero) is 1. The molecule has 0 aliphatic carbocycles. The molecule has 0 aliphatic rings. The zero-order valence-electron chi connectivity index (χ0n) is 13.4. The third kappa shape index (κ3) is 5.58. The maximum absolute atomic E-state index is 12.1. The van der Waals surface area contributed by atoms with Crippen LogP contribution in [0.4, 0.5) is 0 Å². The molecule has 6 nitrogen and oxygen atoms in total. The summed E-state index contributed by atoms with van der Waals surface area (Å²) in [6.07, 6.45) is -0.0423. The highest BCUT2D eigenvalue weighted by Gasteiger charge is 2.14. The van der Waals surface area contributed by atoms with Gasteiger partial charge in [-0.2, -0.15) is 0 Å². The van der Waals surface area contributed by atoms with Crippen LogP contribution in [0.5, 0.6) is 5.75 Å². The summed E-state index contributed by atoms with van der Waals surface area (Å²) in [5.41, 5.74) is 0.378. The minimum atomic E-state index is -0.573. The Balaban J connectivity index is 1.73. The van der Waals surface area contributed by atoms with Gasteiger partial charge in [-0.05, 0) is 24.3 Å². The highest BCUT2D eigenvalue weighted by molar-refractivity contribution is 7.18. The van der Waals surface area contributed by atoms with E-state index in [1.54, 1.807) is 36.4 Å². The quantitative estimate of drug-likeness (QED) is 0.561. The van der Waals surface area contributed by atoms with Crippen molar-refractivity contribution in [1.29, 1.82) is 0 Å². The van der Waals surface area contributed by atoms with Crippen LogP contribution in [-0.4, -0.2) is 37.9 Å². The lowest BCUT2D eigenvalue weighted by molar-refractivity contribution is -0.142. The fourth-order valence-corrected chi connectivity index (χ4v) is 2.93. The molecule has 0 fully saturated rings. The van der Waals surface area contributed by atoms with Crippen LogP contribution in [0.15, 0.2) is 36.4 Å². The first kappa shape index (κ1) is 19.0. The summed E-state index contributed by atoms with van der Waals surface area (Å²) >= 11 is 6.87. The number of hydrogen-bond acceptors (Lipinski definition) is 6. The Morgan fingerprint density at radius 3 is 2.60 bits per heavy atom. The second-order valence-electron chi connectivity index (χ2n) is 4.89. The summed E-state index contributed by atoms with van der Waals surface area (Å²) in [5, 5.41) is 2.61. The van der Waals surface area contributed by atoms with E-state index in [0.717, 1.165) is 11.3 Å². The standard InChI is InChI=1S/C17H16ClNO5S/c1-23-13-5-3-2-4-11(13)17(22)19-9-8-16(21)24-10-12(20)14-6-7-15(18)25-14/h2-7H,8-10H2,1H3,(H,19,22). The number of nitrogens with one attached hydrogen (secondary N) is 1. The molecule has 0 saturated carbocycles. The maximum Gasteiger partial charge on any atom is 0.308 e. The number of para-hydroxylation sites is 1. The Hall–Kier alpha value is -2.38. The van der Waals surface area contributed by atoms with Crippen LogP contribution in [0.25, 0.3) is 0 Å². The molecule has 0 atom stereocenters. The van der Waals surface area contributed by atoms with Gasteiger partial charge in [0.2, 0.25) is 5.78 Å². The van der Waals surface area contributed by atoms with E-state index in [9.17, 15) is 14.4 Å². The van der Waals surface area contributed by atoms with Gasteiger partial charge in [0.1, 0.15) is 5.75 Å². The lowest BCUT2D eigenvalue weighted by atomic mass is 10.2. The van der Waals surface area contributed by atoms with Crippen molar-refractivity contribution in [2.45, 2.75) is 6.42 Å². The van der Waals surface area contributed by atoms with Gasteiger partial charge < -0.3 is 14.8 Å². The van der Waals surface area contributed by atoms with E-state index in [-0.39, 0.29) is 31.3 Å². The normalized spacial score (nSPS) is 10.2. The van der Waals surface area contributed by atoms with Crippen molar-refractivity contribution < 1.29 is 23.9 Å². The Morgan fingerprint density at radius 1 is 1.16 bits per heavy atom. The smallest absolute Gasteiger partial charge is 0.308 e. The zero-order chi connectivity index (χ0) is 18.2. The summed E-state index contributed by atoms with van der Waals surface area (Å²) in [7, 11) is 1.47. The van der Waals surface area contributed by atoms with Crippen LogP contribution < -0.4 is 10.1 Å². The van der Waals surface area contributed by atoms with Gasteiger partial charge in [-0.3, -0.25) is 14.4 Å². The molecule has 2 aromatic rings. The molecule has 25 heavy (non-hydrogen) atoms. The number of rotatable bonds is 8. The van der Waals surface area contributed by atoms with Gasteiger partial charge in [0, 0.05) is 6.54 Å². The molecule has 0 bridgehead atoms. The van der Waals surface area contributed by atoms with Crippen LogP contribution >= 0.6 is 22.9 Å². The number of amides is 1. The van der Waals surface area contributed by atoms with Gasteiger partial charge in [-0.15, -0.1) is 11.3 Å². The highest BCUT2D eigenvalue weighted by Crippen LogP contribution is 2.21. The summed E-state index contributed by atoms with van der Waals surface area (Å²) < 4.78 is 10.5. The second-order valence-corrected chi connectivity index (χ2v) is 6.61. The molecule has 0 spiro atoms. The van der Waals surface area contributed by atoms with E-state index in [0.29, 0.717) is 20.5 Å². The van der Waals surface area contributed by atoms with Gasteiger partial charge >= 0.3 is 5.97 Å². The Kier molecular flexibility index (Phi) is 6.97. The largest absolute Gasteiger partial charge is 0.496 e. The van der Waals surface area contributed by atoms with Crippen LogP contribution in [0, 0.1) is 0 Å². The van der Waals surface area contributed by atoms with Crippen molar-refractivity contribution in [3.05, 3.63) is 51.2 Å². The fourth-order valence-electron chi connectivity index (χ4n) is 1.96. The molecule has 1 aromatic heterocycles. The van der Waals surface area contributed by atoms with Gasteiger partial charge in [0.25, 0.3) is 5.91 Å². The molecule has 132 valence electrons. The number of esters is 1. The molecule has 8 heteroatoms. The number of carbonyl (C=O) groups excluding carboxylic acids is 3. The van der Waals surface area contributed by atoms with Crippen LogP contribution in [-0.2, 0) is 9.53 Å². The van der Waals surface area contributed by atoms with E-state index in [2.05, 4.69) is 5.32 Å². The summed E-state index contributed by atoms with van der Waals surface area (Å²) in [5.74, 6) is -0.794. The van der Waals surface area contributed by atoms with Crippen LogP contribution in [0.3, 0.4) is 0 Å². The Morgan fingerprint density at radius 2 is 1.92 bits per heavy atom. The van der Waals surface area contributed by atoms with E-state index in [1.807, 2.05) is 0 Å². The molecule has 1 heterocycles. The number of ketones is 1. The number of hydrogen-bond donors (Lipinski definition) is 1. The van der Waals surface area contributed by atoms with Crippen molar-refractivity contribution in [2.75, 3.05) is 20.3 Å².